The first-order valence-corrected chi connectivity index (χ1v) is 8.28. The topological polar surface area (TPSA) is 32.3 Å². The molecule has 110 valence electrons. The van der Waals surface area contributed by atoms with Crippen molar-refractivity contribution in [1.29, 1.82) is 0 Å². The van der Waals surface area contributed by atoms with Gasteiger partial charge in [0.15, 0.2) is 0 Å². The molecule has 0 aromatic carbocycles. The van der Waals surface area contributed by atoms with Crippen LogP contribution < -0.4 is 5.32 Å². The number of nitrogens with zero attached hydrogens (tertiary/aromatic N) is 1. The summed E-state index contributed by atoms with van der Waals surface area (Å²) in [5, 5.41) is 3.11. The fourth-order valence-corrected chi connectivity index (χ4v) is 3.62. The first kappa shape index (κ1) is 14.7. The van der Waals surface area contributed by atoms with Crippen LogP contribution in [0.4, 0.5) is 4.79 Å². The zero-order chi connectivity index (χ0) is 13.5. The van der Waals surface area contributed by atoms with Crippen molar-refractivity contribution in [3.63, 3.8) is 0 Å². The highest BCUT2D eigenvalue weighted by molar-refractivity contribution is 5.74. The molecule has 0 atom stereocenters. The van der Waals surface area contributed by atoms with Crippen LogP contribution in [0.2, 0.25) is 0 Å². The van der Waals surface area contributed by atoms with Crippen molar-refractivity contribution in [1.82, 2.24) is 10.2 Å². The summed E-state index contributed by atoms with van der Waals surface area (Å²) < 4.78 is 0. The fraction of sp³-hybridized carbons (Fsp3) is 0.938. The zero-order valence-electron chi connectivity index (χ0n) is 12.5. The number of hydrogen-bond donors (Lipinski definition) is 1. The fourth-order valence-electron chi connectivity index (χ4n) is 3.62. The summed E-state index contributed by atoms with van der Waals surface area (Å²) in [6.07, 6.45) is 14.3. The monoisotopic (exact) mass is 266 g/mol. The van der Waals surface area contributed by atoms with Gasteiger partial charge in [-0.25, -0.2) is 4.79 Å². The highest BCUT2D eigenvalue weighted by Gasteiger charge is 2.21. The van der Waals surface area contributed by atoms with E-state index in [9.17, 15) is 4.79 Å². The van der Waals surface area contributed by atoms with Crippen LogP contribution in [-0.2, 0) is 0 Å². The van der Waals surface area contributed by atoms with Crippen LogP contribution in [0.15, 0.2) is 0 Å². The molecule has 0 aliphatic heterocycles. The van der Waals surface area contributed by atoms with Gasteiger partial charge in [-0.2, -0.15) is 0 Å². The van der Waals surface area contributed by atoms with Crippen molar-refractivity contribution >= 4 is 6.03 Å². The van der Waals surface area contributed by atoms with Gasteiger partial charge in [0, 0.05) is 19.6 Å². The molecule has 19 heavy (non-hydrogen) atoms. The van der Waals surface area contributed by atoms with Crippen LogP contribution in [0, 0.1) is 5.92 Å². The Kier molecular flexibility index (Phi) is 5.99. The van der Waals surface area contributed by atoms with E-state index in [1.165, 1.54) is 70.6 Å². The maximum atomic E-state index is 12.1. The van der Waals surface area contributed by atoms with Gasteiger partial charge in [0.1, 0.15) is 0 Å². The van der Waals surface area contributed by atoms with Crippen LogP contribution in [0.3, 0.4) is 0 Å². The summed E-state index contributed by atoms with van der Waals surface area (Å²) in [5.41, 5.74) is 0. The third kappa shape index (κ3) is 4.70. The molecule has 0 unspecified atom stereocenters. The average molecular weight is 266 g/mol. The van der Waals surface area contributed by atoms with Crippen LogP contribution in [0.5, 0.6) is 0 Å². The summed E-state index contributed by atoms with van der Waals surface area (Å²) in [6.45, 7) is 0.862. The molecule has 2 fully saturated rings. The molecule has 0 saturated heterocycles. The van der Waals surface area contributed by atoms with E-state index >= 15 is 0 Å². The molecule has 2 amide bonds. The third-order valence-corrected chi connectivity index (χ3v) is 5.00. The van der Waals surface area contributed by atoms with E-state index in [-0.39, 0.29) is 6.03 Å². The van der Waals surface area contributed by atoms with Crippen LogP contribution in [0.1, 0.15) is 70.6 Å². The van der Waals surface area contributed by atoms with E-state index in [0.29, 0.717) is 6.04 Å². The minimum Gasteiger partial charge on any atom is -0.338 e. The molecule has 0 aromatic rings. The van der Waals surface area contributed by atoms with Crippen LogP contribution >= 0.6 is 0 Å². The van der Waals surface area contributed by atoms with E-state index in [1.54, 1.807) is 0 Å². The molecular weight excluding hydrogens is 236 g/mol. The molecule has 0 bridgehead atoms. The Labute approximate surface area is 118 Å². The summed E-state index contributed by atoms with van der Waals surface area (Å²) >= 11 is 0. The second-order valence-corrected chi connectivity index (χ2v) is 6.43. The lowest BCUT2D eigenvalue weighted by Crippen LogP contribution is -2.43. The quantitative estimate of drug-likeness (QED) is 0.768. The summed E-state index contributed by atoms with van der Waals surface area (Å²) in [7, 11) is 1.97. The molecule has 0 heterocycles. The summed E-state index contributed by atoms with van der Waals surface area (Å²) in [6, 6.07) is 0.610. The maximum Gasteiger partial charge on any atom is 0.317 e. The van der Waals surface area contributed by atoms with E-state index in [0.717, 1.165) is 12.5 Å². The van der Waals surface area contributed by atoms with Crippen molar-refractivity contribution in [3.8, 4) is 0 Å². The Morgan fingerprint density at radius 1 is 1.00 bits per heavy atom. The van der Waals surface area contributed by atoms with E-state index in [4.69, 9.17) is 0 Å². The molecule has 3 heteroatoms. The molecule has 0 radical (unpaired) electrons. The second-order valence-electron chi connectivity index (χ2n) is 6.43. The normalized spacial score (nSPS) is 22.2. The predicted octanol–water partition coefficient (Wildman–Crippen LogP) is 3.93. The Bertz CT molecular complexity index is 266. The van der Waals surface area contributed by atoms with Gasteiger partial charge < -0.3 is 10.2 Å². The molecule has 2 rings (SSSR count). The smallest absolute Gasteiger partial charge is 0.317 e. The van der Waals surface area contributed by atoms with Gasteiger partial charge in [0.25, 0.3) is 0 Å². The highest BCUT2D eigenvalue weighted by Crippen LogP contribution is 2.27. The number of amides is 2. The lowest BCUT2D eigenvalue weighted by atomic mass is 10.0. The van der Waals surface area contributed by atoms with Gasteiger partial charge in [0.2, 0.25) is 0 Å². The van der Waals surface area contributed by atoms with Crippen molar-refractivity contribution in [2.45, 2.75) is 76.7 Å². The van der Waals surface area contributed by atoms with Crippen molar-refractivity contribution in [2.75, 3.05) is 13.6 Å². The lowest BCUT2D eigenvalue weighted by Gasteiger charge is -2.27. The molecule has 0 aromatic heterocycles. The molecule has 2 aliphatic rings. The standard InChI is InChI=1S/C16H30N2O/c1-18(15-10-4-2-3-5-11-15)16(19)17-13-12-14-8-6-7-9-14/h14-15H,2-13H2,1H3,(H,17,19). The minimum atomic E-state index is 0.143. The molecular formula is C16H30N2O. The van der Waals surface area contributed by atoms with Crippen molar-refractivity contribution < 1.29 is 4.79 Å². The predicted molar refractivity (Wildman–Crippen MR) is 79.2 cm³/mol. The van der Waals surface area contributed by atoms with Crippen LogP contribution in [-0.4, -0.2) is 30.6 Å². The Morgan fingerprint density at radius 2 is 1.58 bits per heavy atom. The van der Waals surface area contributed by atoms with Gasteiger partial charge in [-0.05, 0) is 25.2 Å². The average Bonchev–Trinajstić information content (AvgIpc) is 2.78. The van der Waals surface area contributed by atoms with E-state index in [1.807, 2.05) is 11.9 Å². The molecule has 2 saturated carbocycles. The Balaban J connectivity index is 1.65. The van der Waals surface area contributed by atoms with Gasteiger partial charge in [-0.1, -0.05) is 51.4 Å². The van der Waals surface area contributed by atoms with Gasteiger partial charge >= 0.3 is 6.03 Å². The summed E-state index contributed by atoms with van der Waals surface area (Å²) in [4.78, 5) is 14.1. The van der Waals surface area contributed by atoms with E-state index in [2.05, 4.69) is 5.32 Å². The number of carbonyl (C=O) groups excluding carboxylic acids is 1. The third-order valence-electron chi connectivity index (χ3n) is 5.00. The second kappa shape index (κ2) is 7.76. The Hall–Kier alpha value is -0.730. The summed E-state index contributed by atoms with van der Waals surface area (Å²) in [5.74, 6) is 0.864. The first-order chi connectivity index (χ1) is 9.27. The largest absolute Gasteiger partial charge is 0.338 e. The number of hydrogen-bond acceptors (Lipinski definition) is 1. The highest BCUT2D eigenvalue weighted by atomic mass is 16.2. The van der Waals surface area contributed by atoms with Gasteiger partial charge in [-0.15, -0.1) is 0 Å². The number of carbonyl (C=O) groups is 1. The molecule has 1 N–H and O–H groups in total. The van der Waals surface area contributed by atoms with Crippen molar-refractivity contribution in [3.05, 3.63) is 0 Å². The van der Waals surface area contributed by atoms with Crippen molar-refractivity contribution in [2.24, 2.45) is 5.92 Å². The minimum absolute atomic E-state index is 0.143. The van der Waals surface area contributed by atoms with Crippen LogP contribution in [0.25, 0.3) is 0 Å². The number of nitrogens with one attached hydrogen (secondary N) is 1. The SMILES string of the molecule is CN(C(=O)NCCC1CCCC1)C1CCCCCC1. The molecule has 2 aliphatic carbocycles. The first-order valence-electron chi connectivity index (χ1n) is 8.28. The molecule has 3 nitrogen and oxygen atoms in total. The Morgan fingerprint density at radius 3 is 2.21 bits per heavy atom. The maximum absolute atomic E-state index is 12.1. The van der Waals surface area contributed by atoms with E-state index < -0.39 is 0 Å². The number of rotatable bonds is 4. The molecule has 0 spiro atoms. The zero-order valence-corrected chi connectivity index (χ0v) is 12.5. The number of urea groups is 1. The lowest BCUT2D eigenvalue weighted by molar-refractivity contribution is 0.183. The van der Waals surface area contributed by atoms with Gasteiger partial charge in [-0.3, -0.25) is 0 Å². The van der Waals surface area contributed by atoms with Gasteiger partial charge in [0.05, 0.1) is 0 Å².